The second kappa shape index (κ2) is 4.82. The summed E-state index contributed by atoms with van der Waals surface area (Å²) >= 11 is 0. The summed E-state index contributed by atoms with van der Waals surface area (Å²) in [5.41, 5.74) is 0.806. The van der Waals surface area contributed by atoms with E-state index in [4.69, 9.17) is 4.74 Å². The van der Waals surface area contributed by atoms with Gasteiger partial charge in [-0.1, -0.05) is 0 Å². The van der Waals surface area contributed by atoms with Crippen LogP contribution in [-0.4, -0.2) is 17.7 Å². The Kier molecular flexibility index (Phi) is 3.23. The first kappa shape index (κ1) is 11.4. The number of benzene rings is 1. The lowest BCUT2D eigenvalue weighted by Crippen LogP contribution is -2.39. The fourth-order valence-corrected chi connectivity index (χ4v) is 1.74. The zero-order valence-corrected chi connectivity index (χ0v) is 9.59. The highest BCUT2D eigenvalue weighted by Crippen LogP contribution is 2.16. The van der Waals surface area contributed by atoms with Crippen LogP contribution in [0, 0.1) is 0 Å². The van der Waals surface area contributed by atoms with Crippen LogP contribution in [0.15, 0.2) is 36.5 Å². The van der Waals surface area contributed by atoms with Crippen molar-refractivity contribution in [2.24, 2.45) is 0 Å². The molecule has 0 saturated heterocycles. The van der Waals surface area contributed by atoms with E-state index in [0.717, 1.165) is 10.9 Å². The van der Waals surface area contributed by atoms with E-state index in [1.807, 2.05) is 18.2 Å². The molecule has 0 aliphatic heterocycles. The molecule has 4 nitrogen and oxygen atoms in total. The maximum absolute atomic E-state index is 11.4. The molecule has 0 spiro atoms. The van der Waals surface area contributed by atoms with Crippen LogP contribution in [0.1, 0.15) is 6.92 Å². The minimum absolute atomic E-state index is 0.147. The van der Waals surface area contributed by atoms with Gasteiger partial charge >= 0.3 is 5.97 Å². The third kappa shape index (κ3) is 2.53. The van der Waals surface area contributed by atoms with E-state index in [2.05, 4.69) is 0 Å². The highest BCUT2D eigenvalue weighted by Gasteiger charge is 2.14. The molecule has 0 atom stereocenters. The van der Waals surface area contributed by atoms with Gasteiger partial charge in [0.25, 0.3) is 0 Å². The van der Waals surface area contributed by atoms with Gasteiger partial charge in [-0.2, -0.15) is 4.57 Å². The topological polar surface area (TPSA) is 50.4 Å². The molecule has 0 radical (unpaired) electrons. The van der Waals surface area contributed by atoms with E-state index >= 15 is 0 Å². The Balaban J connectivity index is 2.39. The molecule has 0 fully saturated rings. The van der Waals surface area contributed by atoms with Crippen molar-refractivity contribution < 1.29 is 19.2 Å². The molecular weight excluding hydrogens is 218 g/mol. The molecule has 4 heteroatoms. The first-order valence-electron chi connectivity index (χ1n) is 5.47. The van der Waals surface area contributed by atoms with Crippen LogP contribution >= 0.6 is 0 Å². The molecule has 1 heterocycles. The lowest BCUT2D eigenvalue weighted by Gasteiger charge is -2.02. The fourth-order valence-electron chi connectivity index (χ4n) is 1.74. The third-order valence-electron chi connectivity index (χ3n) is 2.47. The first-order valence-corrected chi connectivity index (χ1v) is 5.47. The Labute approximate surface area is 99.1 Å². The highest BCUT2D eigenvalue weighted by atomic mass is 16.5. The van der Waals surface area contributed by atoms with Crippen LogP contribution in [0.25, 0.3) is 10.9 Å². The second-order valence-electron chi connectivity index (χ2n) is 3.68. The smallest absolute Gasteiger partial charge is 0.372 e. The van der Waals surface area contributed by atoms with Crippen molar-refractivity contribution in [2.75, 3.05) is 6.61 Å². The van der Waals surface area contributed by atoms with Crippen LogP contribution in [0.2, 0.25) is 0 Å². The van der Waals surface area contributed by atoms with Crippen molar-refractivity contribution in [2.45, 2.75) is 13.5 Å². The summed E-state index contributed by atoms with van der Waals surface area (Å²) in [5, 5.41) is 10.4. The SMILES string of the molecule is CCOC(=O)C[n+]1cccc2ccc(O)cc21. The van der Waals surface area contributed by atoms with Gasteiger partial charge in [0.2, 0.25) is 12.1 Å². The van der Waals surface area contributed by atoms with Crippen molar-refractivity contribution in [3.05, 3.63) is 36.5 Å². The normalized spacial score (nSPS) is 10.4. The van der Waals surface area contributed by atoms with E-state index < -0.39 is 0 Å². The number of carbonyl (C=O) groups excluding carboxylic acids is 1. The highest BCUT2D eigenvalue weighted by molar-refractivity contribution is 5.77. The van der Waals surface area contributed by atoms with Crippen LogP contribution in [0.3, 0.4) is 0 Å². The Bertz CT molecular complexity index is 551. The molecule has 1 N–H and O–H groups in total. The summed E-state index contributed by atoms with van der Waals surface area (Å²) < 4.78 is 6.66. The summed E-state index contributed by atoms with van der Waals surface area (Å²) in [6.07, 6.45) is 1.79. The maximum atomic E-state index is 11.4. The number of pyridine rings is 1. The molecule has 1 aromatic carbocycles. The number of phenols is 1. The standard InChI is InChI=1S/C13H13NO3/c1-2-17-13(16)9-14-7-3-4-10-5-6-11(15)8-12(10)14/h3-8H,2,9H2,1H3/p+1. The number of hydrogen-bond acceptors (Lipinski definition) is 3. The van der Waals surface area contributed by atoms with Gasteiger partial charge in [0, 0.05) is 11.5 Å². The summed E-state index contributed by atoms with van der Waals surface area (Å²) in [6.45, 7) is 2.29. The van der Waals surface area contributed by atoms with Crippen molar-refractivity contribution >= 4 is 16.9 Å². The number of aromatic hydroxyl groups is 1. The molecular formula is C13H14NO3+. The van der Waals surface area contributed by atoms with Gasteiger partial charge in [0.15, 0.2) is 6.20 Å². The van der Waals surface area contributed by atoms with Crippen molar-refractivity contribution in [1.29, 1.82) is 0 Å². The fraction of sp³-hybridized carbons (Fsp3) is 0.231. The molecule has 2 aromatic rings. The number of phenolic OH excluding ortho intramolecular Hbond substituents is 1. The number of hydrogen-bond donors (Lipinski definition) is 1. The van der Waals surface area contributed by atoms with Gasteiger partial charge in [-0.15, -0.1) is 0 Å². The summed E-state index contributed by atoms with van der Waals surface area (Å²) in [4.78, 5) is 11.4. The van der Waals surface area contributed by atoms with Gasteiger partial charge in [-0.05, 0) is 25.1 Å². The van der Waals surface area contributed by atoms with Crippen molar-refractivity contribution in [1.82, 2.24) is 0 Å². The lowest BCUT2D eigenvalue weighted by molar-refractivity contribution is -0.660. The molecule has 17 heavy (non-hydrogen) atoms. The summed E-state index contributed by atoms with van der Waals surface area (Å²) in [7, 11) is 0. The predicted octanol–water partition coefficient (Wildman–Crippen LogP) is 1.40. The predicted molar refractivity (Wildman–Crippen MR) is 62.4 cm³/mol. The Morgan fingerprint density at radius 3 is 3.00 bits per heavy atom. The number of rotatable bonds is 3. The molecule has 0 bridgehead atoms. The largest absolute Gasteiger partial charge is 0.508 e. The van der Waals surface area contributed by atoms with E-state index in [9.17, 15) is 9.90 Å². The lowest BCUT2D eigenvalue weighted by atomic mass is 10.2. The first-order chi connectivity index (χ1) is 8.20. The molecule has 0 amide bonds. The molecule has 1 aromatic heterocycles. The summed E-state index contributed by atoms with van der Waals surface area (Å²) in [5.74, 6) is -0.102. The van der Waals surface area contributed by atoms with Crippen LogP contribution in [0.5, 0.6) is 5.75 Å². The van der Waals surface area contributed by atoms with Gasteiger partial charge in [-0.3, -0.25) is 0 Å². The third-order valence-corrected chi connectivity index (χ3v) is 2.47. The second-order valence-corrected chi connectivity index (χ2v) is 3.68. The van der Waals surface area contributed by atoms with Gasteiger partial charge in [-0.25, -0.2) is 4.79 Å². The number of nitrogens with zero attached hydrogens (tertiary/aromatic N) is 1. The minimum atomic E-state index is -0.284. The zero-order chi connectivity index (χ0) is 12.3. The molecule has 0 aliphatic rings. The van der Waals surface area contributed by atoms with Gasteiger partial charge in [0.1, 0.15) is 5.75 Å². The minimum Gasteiger partial charge on any atom is -0.508 e. The van der Waals surface area contributed by atoms with E-state index in [0.29, 0.717) is 6.61 Å². The number of ether oxygens (including phenoxy) is 1. The Morgan fingerprint density at radius 1 is 1.41 bits per heavy atom. The van der Waals surface area contributed by atoms with E-state index in [-0.39, 0.29) is 18.3 Å². The number of fused-ring (bicyclic) bond motifs is 1. The molecule has 0 aliphatic carbocycles. The van der Waals surface area contributed by atoms with Crippen molar-refractivity contribution in [3.63, 3.8) is 0 Å². The van der Waals surface area contributed by atoms with Gasteiger partial charge in [0.05, 0.1) is 12.7 Å². The van der Waals surface area contributed by atoms with Crippen LogP contribution in [0.4, 0.5) is 0 Å². The van der Waals surface area contributed by atoms with Gasteiger partial charge < -0.3 is 9.84 Å². The van der Waals surface area contributed by atoms with Crippen molar-refractivity contribution in [3.8, 4) is 5.75 Å². The molecule has 0 unspecified atom stereocenters. The molecule has 0 saturated carbocycles. The maximum Gasteiger partial charge on any atom is 0.372 e. The average Bonchev–Trinajstić information content (AvgIpc) is 2.30. The van der Waals surface area contributed by atoms with Crippen LogP contribution < -0.4 is 4.57 Å². The monoisotopic (exact) mass is 232 g/mol. The quantitative estimate of drug-likeness (QED) is 0.642. The number of carbonyl (C=O) groups is 1. The number of esters is 1. The van der Waals surface area contributed by atoms with E-state index in [1.54, 1.807) is 29.8 Å². The summed E-state index contributed by atoms with van der Waals surface area (Å²) in [6, 6.07) is 8.85. The molecule has 88 valence electrons. The molecule has 2 rings (SSSR count). The Morgan fingerprint density at radius 2 is 2.24 bits per heavy atom. The number of aromatic nitrogens is 1. The average molecular weight is 232 g/mol. The zero-order valence-electron chi connectivity index (χ0n) is 9.59. The Hall–Kier alpha value is -2.10. The van der Waals surface area contributed by atoms with E-state index in [1.165, 1.54) is 0 Å². The van der Waals surface area contributed by atoms with Crippen LogP contribution in [-0.2, 0) is 16.1 Å².